The van der Waals surface area contributed by atoms with Gasteiger partial charge in [0.1, 0.15) is 11.6 Å². The zero-order valence-electron chi connectivity index (χ0n) is 16.2. The number of amides is 1. The molecule has 150 valence electrons. The van der Waals surface area contributed by atoms with Crippen molar-refractivity contribution >= 4 is 5.91 Å². The Hall–Kier alpha value is -3.15. The molecule has 2 aromatic carbocycles. The first-order chi connectivity index (χ1) is 14.2. The molecule has 0 saturated heterocycles. The number of nitrogens with zero attached hydrogens (tertiary/aromatic N) is 3. The quantitative estimate of drug-likeness (QED) is 0.530. The molecular weight excluding hydrogens is 369 g/mol. The van der Waals surface area contributed by atoms with Gasteiger partial charge in [0, 0.05) is 25.0 Å². The molecule has 0 radical (unpaired) electrons. The molecule has 3 aromatic rings. The van der Waals surface area contributed by atoms with Crippen molar-refractivity contribution < 1.29 is 13.9 Å². The Bertz CT molecular complexity index is 937. The van der Waals surface area contributed by atoms with E-state index in [-0.39, 0.29) is 17.8 Å². The predicted octanol–water partition coefficient (Wildman–Crippen LogP) is 4.48. The summed E-state index contributed by atoms with van der Waals surface area (Å²) in [6, 6.07) is 13.9. The molecule has 1 saturated carbocycles. The molecule has 1 aliphatic rings. The van der Waals surface area contributed by atoms with Crippen LogP contribution in [-0.4, -0.2) is 39.6 Å². The fourth-order valence-corrected chi connectivity index (χ4v) is 3.54. The molecule has 1 aromatic heterocycles. The summed E-state index contributed by atoms with van der Waals surface area (Å²) in [6.07, 6.45) is 9.20. The maximum Gasteiger partial charge on any atom is 0.256 e. The number of halogens is 1. The first kappa shape index (κ1) is 19.2. The van der Waals surface area contributed by atoms with E-state index in [1.54, 1.807) is 24.7 Å². The molecule has 0 unspecified atom stereocenters. The average molecular weight is 393 g/mol. The molecule has 0 spiro atoms. The second-order valence-corrected chi connectivity index (χ2v) is 7.23. The number of para-hydroxylation sites is 1. The lowest BCUT2D eigenvalue weighted by Crippen LogP contribution is -2.45. The van der Waals surface area contributed by atoms with Crippen molar-refractivity contribution in [3.63, 3.8) is 0 Å². The summed E-state index contributed by atoms with van der Waals surface area (Å²) in [5, 5.41) is 0. The first-order valence-corrected chi connectivity index (χ1v) is 9.99. The van der Waals surface area contributed by atoms with Gasteiger partial charge < -0.3 is 14.2 Å². The van der Waals surface area contributed by atoms with E-state index in [1.807, 2.05) is 39.9 Å². The fraction of sp³-hybridized carbons (Fsp3) is 0.304. The number of hydrogen-bond acceptors (Lipinski definition) is 3. The fourth-order valence-electron chi connectivity index (χ4n) is 3.54. The van der Waals surface area contributed by atoms with Crippen molar-refractivity contribution in [1.82, 2.24) is 14.5 Å². The normalized spacial score (nSPS) is 13.7. The van der Waals surface area contributed by atoms with Gasteiger partial charge >= 0.3 is 0 Å². The number of rotatable bonds is 8. The number of aromatic nitrogens is 2. The van der Waals surface area contributed by atoms with Gasteiger partial charge in [-0.15, -0.1) is 0 Å². The van der Waals surface area contributed by atoms with Gasteiger partial charge in [0.2, 0.25) is 0 Å². The van der Waals surface area contributed by atoms with Gasteiger partial charge in [0.05, 0.1) is 24.2 Å². The van der Waals surface area contributed by atoms with Crippen LogP contribution in [0.25, 0.3) is 5.69 Å². The van der Waals surface area contributed by atoms with Crippen molar-refractivity contribution in [1.29, 1.82) is 0 Å². The van der Waals surface area contributed by atoms with Gasteiger partial charge in [-0.25, -0.2) is 9.37 Å². The Kier molecular flexibility index (Phi) is 5.89. The Balaban J connectivity index is 1.43. The Morgan fingerprint density at radius 2 is 1.97 bits per heavy atom. The van der Waals surface area contributed by atoms with Crippen LogP contribution in [0.5, 0.6) is 5.75 Å². The summed E-state index contributed by atoms with van der Waals surface area (Å²) in [4.78, 5) is 19.5. The highest BCUT2D eigenvalue weighted by Gasteiger charge is 2.30. The number of imidazole rings is 1. The molecular formula is C23H24FN3O2. The van der Waals surface area contributed by atoms with Crippen LogP contribution in [0.4, 0.5) is 4.39 Å². The molecule has 0 bridgehead atoms. The Labute approximate surface area is 169 Å². The minimum atomic E-state index is -0.282. The van der Waals surface area contributed by atoms with Gasteiger partial charge in [0.15, 0.2) is 0 Å². The maximum absolute atomic E-state index is 13.4. The van der Waals surface area contributed by atoms with Crippen LogP contribution in [-0.2, 0) is 0 Å². The highest BCUT2D eigenvalue weighted by Crippen LogP contribution is 2.28. The lowest BCUT2D eigenvalue weighted by Gasteiger charge is -2.38. The zero-order chi connectivity index (χ0) is 20.1. The SMILES string of the molecule is O=C(c1ccccc1-n1ccnc1)N(CCCOc1ccc(F)cc1)C1CCC1. The smallest absolute Gasteiger partial charge is 0.256 e. The van der Waals surface area contributed by atoms with Crippen molar-refractivity contribution in [2.24, 2.45) is 0 Å². The summed E-state index contributed by atoms with van der Waals surface area (Å²) in [6.45, 7) is 1.11. The number of carbonyl (C=O) groups excluding carboxylic acids is 1. The lowest BCUT2D eigenvalue weighted by atomic mass is 9.90. The molecule has 1 amide bonds. The van der Waals surface area contributed by atoms with Gasteiger partial charge in [-0.1, -0.05) is 12.1 Å². The van der Waals surface area contributed by atoms with Crippen LogP contribution >= 0.6 is 0 Å². The molecule has 6 heteroatoms. The molecule has 1 aliphatic carbocycles. The minimum absolute atomic E-state index is 0.0424. The molecule has 0 N–H and O–H groups in total. The van der Waals surface area contributed by atoms with Crippen molar-refractivity contribution in [3.05, 3.63) is 78.6 Å². The highest BCUT2D eigenvalue weighted by molar-refractivity contribution is 5.98. The van der Waals surface area contributed by atoms with E-state index < -0.39 is 0 Å². The summed E-state index contributed by atoms with van der Waals surface area (Å²) in [5.41, 5.74) is 1.51. The monoisotopic (exact) mass is 393 g/mol. The van der Waals surface area contributed by atoms with E-state index in [4.69, 9.17) is 4.74 Å². The summed E-state index contributed by atoms with van der Waals surface area (Å²) < 4.78 is 20.6. The van der Waals surface area contributed by atoms with Gasteiger partial charge in [-0.2, -0.15) is 0 Å². The Morgan fingerprint density at radius 3 is 2.66 bits per heavy atom. The largest absolute Gasteiger partial charge is 0.494 e. The maximum atomic E-state index is 13.4. The molecule has 1 fully saturated rings. The highest BCUT2D eigenvalue weighted by atomic mass is 19.1. The third kappa shape index (κ3) is 4.47. The van der Waals surface area contributed by atoms with Crippen LogP contribution < -0.4 is 4.74 Å². The number of benzene rings is 2. The van der Waals surface area contributed by atoms with Gasteiger partial charge in [-0.05, 0) is 62.1 Å². The van der Waals surface area contributed by atoms with Crippen molar-refractivity contribution in [3.8, 4) is 11.4 Å². The molecule has 5 nitrogen and oxygen atoms in total. The summed E-state index contributed by atoms with van der Waals surface area (Å²) in [5.74, 6) is 0.398. The standard InChI is InChI=1S/C23H24FN3O2/c24-18-9-11-20(12-10-18)29-16-4-14-27(19-5-3-6-19)23(28)21-7-1-2-8-22(21)26-15-13-25-17-26/h1-2,7-13,15,17,19H,3-6,14,16H2. The van der Waals surface area contributed by atoms with Crippen LogP contribution in [0, 0.1) is 5.82 Å². The number of ether oxygens (including phenoxy) is 1. The van der Waals surface area contributed by atoms with Crippen molar-refractivity contribution in [2.45, 2.75) is 31.7 Å². The van der Waals surface area contributed by atoms with Gasteiger partial charge in [-0.3, -0.25) is 4.79 Å². The van der Waals surface area contributed by atoms with Crippen LogP contribution in [0.1, 0.15) is 36.0 Å². The Morgan fingerprint density at radius 1 is 1.17 bits per heavy atom. The van der Waals surface area contributed by atoms with Crippen LogP contribution in [0.2, 0.25) is 0 Å². The van der Waals surface area contributed by atoms with Crippen molar-refractivity contribution in [2.75, 3.05) is 13.2 Å². The van der Waals surface area contributed by atoms with Crippen LogP contribution in [0.15, 0.2) is 67.3 Å². The molecule has 0 aliphatic heterocycles. The predicted molar refractivity (Wildman–Crippen MR) is 109 cm³/mol. The third-order valence-electron chi connectivity index (χ3n) is 5.32. The second kappa shape index (κ2) is 8.90. The van der Waals surface area contributed by atoms with E-state index >= 15 is 0 Å². The third-order valence-corrected chi connectivity index (χ3v) is 5.32. The first-order valence-electron chi connectivity index (χ1n) is 9.99. The van der Waals surface area contributed by atoms with E-state index in [0.29, 0.717) is 30.9 Å². The zero-order valence-corrected chi connectivity index (χ0v) is 16.2. The minimum Gasteiger partial charge on any atom is -0.494 e. The number of hydrogen-bond donors (Lipinski definition) is 0. The molecule has 4 rings (SSSR count). The van der Waals surface area contributed by atoms with E-state index in [9.17, 15) is 9.18 Å². The van der Waals surface area contributed by atoms with E-state index in [2.05, 4.69) is 4.98 Å². The second-order valence-electron chi connectivity index (χ2n) is 7.23. The lowest BCUT2D eigenvalue weighted by molar-refractivity contribution is 0.0565. The van der Waals surface area contributed by atoms with E-state index in [0.717, 1.165) is 24.9 Å². The molecule has 29 heavy (non-hydrogen) atoms. The number of carbonyl (C=O) groups is 1. The molecule has 1 heterocycles. The van der Waals surface area contributed by atoms with Crippen LogP contribution in [0.3, 0.4) is 0 Å². The summed E-state index contributed by atoms with van der Waals surface area (Å²) in [7, 11) is 0. The summed E-state index contributed by atoms with van der Waals surface area (Å²) >= 11 is 0. The average Bonchev–Trinajstić information content (AvgIpc) is 3.24. The topological polar surface area (TPSA) is 47.4 Å². The molecule has 0 atom stereocenters. The van der Waals surface area contributed by atoms with Gasteiger partial charge in [0.25, 0.3) is 5.91 Å². The van der Waals surface area contributed by atoms with E-state index in [1.165, 1.54) is 12.1 Å².